The number of phenols is 1. The Labute approximate surface area is 181 Å². The number of hydrogen-bond donors (Lipinski definition) is 2. The van der Waals surface area contributed by atoms with Gasteiger partial charge in [-0.1, -0.05) is 12.1 Å². The topological polar surface area (TPSA) is 66.3 Å². The van der Waals surface area contributed by atoms with Crippen molar-refractivity contribution in [1.29, 1.82) is 0 Å². The molecule has 0 spiro atoms. The van der Waals surface area contributed by atoms with E-state index in [0.717, 1.165) is 17.1 Å². The number of rotatable bonds is 5. The highest BCUT2D eigenvalue weighted by atomic mass is 127. The highest BCUT2D eigenvalue weighted by molar-refractivity contribution is 14.0. The van der Waals surface area contributed by atoms with Crippen molar-refractivity contribution in [2.45, 2.75) is 20.0 Å². The van der Waals surface area contributed by atoms with Crippen molar-refractivity contribution in [3.8, 4) is 17.2 Å². The summed E-state index contributed by atoms with van der Waals surface area (Å²) in [4.78, 5) is 6.56. The predicted octanol–water partition coefficient (Wildman–Crippen LogP) is 3.52. The lowest BCUT2D eigenvalue weighted by atomic mass is 10.2. The van der Waals surface area contributed by atoms with Gasteiger partial charge in [-0.15, -0.1) is 24.0 Å². The molecule has 152 valence electrons. The molecule has 0 aromatic heterocycles. The highest BCUT2D eigenvalue weighted by Gasteiger charge is 2.13. The average molecular weight is 501 g/mol. The second-order valence-corrected chi connectivity index (χ2v) is 6.29. The zero-order chi connectivity index (χ0) is 19.2. The van der Waals surface area contributed by atoms with Gasteiger partial charge in [0.25, 0.3) is 0 Å². The molecule has 0 aliphatic carbocycles. The molecule has 1 heterocycles. The second kappa shape index (κ2) is 10.4. The normalized spacial score (nSPS) is 12.9. The third-order valence-electron chi connectivity index (χ3n) is 4.15. The van der Waals surface area contributed by atoms with E-state index in [2.05, 4.69) is 10.3 Å². The van der Waals surface area contributed by atoms with Crippen LogP contribution in [0.4, 0.5) is 4.39 Å². The molecule has 3 rings (SSSR count). The Morgan fingerprint density at radius 2 is 1.86 bits per heavy atom. The summed E-state index contributed by atoms with van der Waals surface area (Å²) in [5, 5.41) is 12.5. The van der Waals surface area contributed by atoms with Crippen LogP contribution in [-0.4, -0.2) is 42.8 Å². The lowest BCUT2D eigenvalue weighted by Gasteiger charge is -2.24. The molecule has 0 radical (unpaired) electrons. The minimum Gasteiger partial charge on any atom is -0.505 e. The van der Waals surface area contributed by atoms with E-state index in [9.17, 15) is 9.50 Å². The number of ether oxygens (including phenoxy) is 2. The molecule has 28 heavy (non-hydrogen) atoms. The van der Waals surface area contributed by atoms with Crippen LogP contribution in [0.15, 0.2) is 41.4 Å². The predicted molar refractivity (Wildman–Crippen MR) is 117 cm³/mol. The number of aromatic hydroxyl groups is 1. The van der Waals surface area contributed by atoms with Crippen LogP contribution < -0.4 is 14.8 Å². The Bertz CT molecular complexity index is 832. The summed E-state index contributed by atoms with van der Waals surface area (Å²) in [6.45, 7) is 4.78. The molecule has 0 amide bonds. The van der Waals surface area contributed by atoms with Crippen molar-refractivity contribution >= 4 is 29.9 Å². The molecule has 8 heteroatoms. The van der Waals surface area contributed by atoms with Crippen LogP contribution in [0, 0.1) is 5.82 Å². The first-order chi connectivity index (χ1) is 13.1. The minimum atomic E-state index is -0.641. The van der Waals surface area contributed by atoms with Gasteiger partial charge in [0.05, 0.1) is 6.54 Å². The number of guanidine groups is 1. The number of hydrogen-bond acceptors (Lipinski definition) is 4. The maximum Gasteiger partial charge on any atom is 0.194 e. The molecule has 6 nitrogen and oxygen atoms in total. The summed E-state index contributed by atoms with van der Waals surface area (Å²) in [5.74, 6) is 1.24. The van der Waals surface area contributed by atoms with E-state index in [-0.39, 0.29) is 29.7 Å². The highest BCUT2D eigenvalue weighted by Crippen LogP contribution is 2.31. The molecule has 0 bridgehead atoms. The Kier molecular flexibility index (Phi) is 8.16. The van der Waals surface area contributed by atoms with Gasteiger partial charge < -0.3 is 24.8 Å². The van der Waals surface area contributed by atoms with Crippen LogP contribution in [0.25, 0.3) is 0 Å². The lowest BCUT2D eigenvalue weighted by molar-refractivity contribution is 0.171. The molecule has 0 saturated carbocycles. The molecule has 0 atom stereocenters. The van der Waals surface area contributed by atoms with Gasteiger partial charge in [-0.25, -0.2) is 9.38 Å². The fourth-order valence-electron chi connectivity index (χ4n) is 2.82. The number of nitrogens with zero attached hydrogens (tertiary/aromatic N) is 2. The fraction of sp³-hybridized carbons (Fsp3) is 0.350. The lowest BCUT2D eigenvalue weighted by Crippen LogP contribution is -2.38. The number of aliphatic imine (C=N–C) groups is 1. The van der Waals surface area contributed by atoms with Crippen molar-refractivity contribution in [2.24, 2.45) is 4.99 Å². The Balaban J connectivity index is 0.00000280. The quantitative estimate of drug-likeness (QED) is 0.373. The molecule has 0 saturated heterocycles. The van der Waals surface area contributed by atoms with Gasteiger partial charge in [0, 0.05) is 20.1 Å². The van der Waals surface area contributed by atoms with Crippen LogP contribution in [0.5, 0.6) is 17.2 Å². The second-order valence-electron chi connectivity index (χ2n) is 6.29. The third-order valence-corrected chi connectivity index (χ3v) is 4.15. The van der Waals surface area contributed by atoms with E-state index in [1.54, 1.807) is 6.07 Å². The van der Waals surface area contributed by atoms with Crippen molar-refractivity contribution in [1.82, 2.24) is 10.2 Å². The van der Waals surface area contributed by atoms with Crippen molar-refractivity contribution in [2.75, 3.05) is 26.8 Å². The summed E-state index contributed by atoms with van der Waals surface area (Å²) in [7, 11) is 1.94. The maximum absolute atomic E-state index is 13.5. The standard InChI is InChI=1S/C20H24FN3O3.HI/c1-3-22-20(23-12-14-4-6-17(25)16(21)10-14)24(2)13-15-5-7-18-19(11-15)27-9-8-26-18;/h4-7,10-11,25H,3,8-9,12-13H2,1-2H3,(H,22,23);1H. The Hall–Kier alpha value is -2.23. The van der Waals surface area contributed by atoms with Crippen LogP contribution in [0.1, 0.15) is 18.1 Å². The molecule has 1 aliphatic heterocycles. The Morgan fingerprint density at radius 3 is 2.57 bits per heavy atom. The van der Waals surface area contributed by atoms with Crippen molar-refractivity contribution in [3.05, 3.63) is 53.3 Å². The number of benzene rings is 2. The smallest absolute Gasteiger partial charge is 0.194 e. The molecule has 2 N–H and O–H groups in total. The molecule has 2 aromatic carbocycles. The number of phenolic OH excluding ortho intramolecular Hbond substituents is 1. The summed E-state index contributed by atoms with van der Waals surface area (Å²) in [6.07, 6.45) is 0. The van der Waals surface area contributed by atoms with Gasteiger partial charge >= 0.3 is 0 Å². The van der Waals surface area contributed by atoms with Crippen molar-refractivity contribution in [3.63, 3.8) is 0 Å². The summed E-state index contributed by atoms with van der Waals surface area (Å²) < 4.78 is 24.7. The molecule has 0 fully saturated rings. The summed E-state index contributed by atoms with van der Waals surface area (Å²) >= 11 is 0. The van der Waals surface area contributed by atoms with Gasteiger partial charge in [-0.2, -0.15) is 0 Å². The first kappa shape index (κ1) is 22.1. The van der Waals surface area contributed by atoms with E-state index in [1.807, 2.05) is 37.1 Å². The summed E-state index contributed by atoms with van der Waals surface area (Å²) in [6, 6.07) is 10.2. The molecule has 1 aliphatic rings. The molecular weight excluding hydrogens is 476 g/mol. The van der Waals surface area contributed by atoms with Crippen LogP contribution in [0.3, 0.4) is 0 Å². The van der Waals surface area contributed by atoms with Crippen LogP contribution >= 0.6 is 24.0 Å². The van der Waals surface area contributed by atoms with Crippen molar-refractivity contribution < 1.29 is 19.0 Å². The largest absolute Gasteiger partial charge is 0.505 e. The zero-order valence-electron chi connectivity index (χ0n) is 15.9. The number of fused-ring (bicyclic) bond motifs is 1. The van der Waals surface area contributed by atoms with E-state index < -0.39 is 5.82 Å². The minimum absolute atomic E-state index is 0. The maximum atomic E-state index is 13.5. The first-order valence-electron chi connectivity index (χ1n) is 8.92. The zero-order valence-corrected chi connectivity index (χ0v) is 18.3. The fourth-order valence-corrected chi connectivity index (χ4v) is 2.82. The third kappa shape index (κ3) is 5.63. The number of nitrogens with one attached hydrogen (secondary N) is 1. The molecule has 0 unspecified atom stereocenters. The van der Waals surface area contributed by atoms with Crippen LogP contribution in [-0.2, 0) is 13.1 Å². The monoisotopic (exact) mass is 501 g/mol. The van der Waals surface area contributed by atoms with Gasteiger partial charge in [-0.05, 0) is 42.3 Å². The number of halogens is 2. The van der Waals surface area contributed by atoms with E-state index in [0.29, 0.717) is 44.4 Å². The average Bonchev–Trinajstić information content (AvgIpc) is 2.67. The van der Waals surface area contributed by atoms with E-state index in [4.69, 9.17) is 9.47 Å². The van der Waals surface area contributed by atoms with Gasteiger partial charge in [-0.3, -0.25) is 0 Å². The van der Waals surface area contributed by atoms with Gasteiger partial charge in [0.2, 0.25) is 0 Å². The van der Waals surface area contributed by atoms with Crippen LogP contribution in [0.2, 0.25) is 0 Å². The van der Waals surface area contributed by atoms with E-state index >= 15 is 0 Å². The summed E-state index contributed by atoms with van der Waals surface area (Å²) in [5.41, 5.74) is 1.76. The molecule has 2 aromatic rings. The SMILES string of the molecule is CCNC(=NCc1ccc(O)c(F)c1)N(C)Cc1ccc2c(c1)OCCO2.I. The molecular formula is C20H25FIN3O3. The van der Waals surface area contributed by atoms with E-state index in [1.165, 1.54) is 12.1 Å². The Morgan fingerprint density at radius 1 is 1.14 bits per heavy atom. The first-order valence-corrected chi connectivity index (χ1v) is 8.92. The van der Waals surface area contributed by atoms with Gasteiger partial charge in [0.15, 0.2) is 29.0 Å². The van der Waals surface area contributed by atoms with Gasteiger partial charge in [0.1, 0.15) is 13.2 Å².